The van der Waals surface area contributed by atoms with E-state index in [1.807, 2.05) is 12.1 Å². The minimum absolute atomic E-state index is 0.0406. The molecule has 0 atom stereocenters. The summed E-state index contributed by atoms with van der Waals surface area (Å²) in [6, 6.07) is 5.45. The molecular formula is C15H14N6O2. The molecule has 0 aliphatic carbocycles. The Morgan fingerprint density at radius 1 is 1.26 bits per heavy atom. The van der Waals surface area contributed by atoms with Crippen molar-refractivity contribution in [3.63, 3.8) is 0 Å². The van der Waals surface area contributed by atoms with Gasteiger partial charge in [-0.2, -0.15) is 10.1 Å². The third kappa shape index (κ3) is 2.70. The van der Waals surface area contributed by atoms with E-state index in [1.165, 1.54) is 0 Å². The van der Waals surface area contributed by atoms with Gasteiger partial charge in [0.05, 0.1) is 5.92 Å². The van der Waals surface area contributed by atoms with Crippen molar-refractivity contribution in [2.45, 2.75) is 12.5 Å². The molecule has 0 unspecified atom stereocenters. The first kappa shape index (κ1) is 13.6. The summed E-state index contributed by atoms with van der Waals surface area (Å²) >= 11 is 0. The number of likely N-dealkylation sites (tertiary alicyclic amines) is 1. The van der Waals surface area contributed by atoms with Gasteiger partial charge in [0.1, 0.15) is 6.54 Å². The minimum atomic E-state index is 0.0406. The first-order valence-corrected chi connectivity index (χ1v) is 7.29. The van der Waals surface area contributed by atoms with Crippen LogP contribution in [0.1, 0.15) is 11.8 Å². The topological polar surface area (TPSA) is 89.9 Å². The smallest absolute Gasteiger partial charge is 0.244 e. The second-order valence-electron chi connectivity index (χ2n) is 5.39. The van der Waals surface area contributed by atoms with Crippen LogP contribution in [0.3, 0.4) is 0 Å². The number of nitrogens with zero attached hydrogens (tertiary/aromatic N) is 6. The summed E-state index contributed by atoms with van der Waals surface area (Å²) < 4.78 is 6.93. The molecule has 0 saturated carbocycles. The predicted octanol–water partition coefficient (Wildman–Crippen LogP) is 0.954. The van der Waals surface area contributed by atoms with Gasteiger partial charge in [-0.05, 0) is 18.2 Å². The second-order valence-corrected chi connectivity index (χ2v) is 5.39. The number of hydrogen-bond donors (Lipinski definition) is 0. The Balaban J connectivity index is 1.37. The van der Waals surface area contributed by atoms with Gasteiger partial charge < -0.3 is 9.42 Å². The third-order valence-electron chi connectivity index (χ3n) is 3.82. The lowest BCUT2D eigenvalue weighted by Crippen LogP contribution is -2.49. The Hall–Kier alpha value is -3.03. The number of hydrogen-bond acceptors (Lipinski definition) is 6. The molecule has 3 aromatic rings. The lowest BCUT2D eigenvalue weighted by molar-refractivity contribution is -0.136. The average Bonchev–Trinajstić information content (AvgIpc) is 3.18. The number of carbonyl (C=O) groups is 1. The highest BCUT2D eigenvalue weighted by Gasteiger charge is 2.35. The zero-order valence-corrected chi connectivity index (χ0v) is 12.2. The zero-order chi connectivity index (χ0) is 15.6. The fraction of sp³-hybridized carbons (Fsp3) is 0.267. The molecule has 4 rings (SSSR count). The van der Waals surface area contributed by atoms with E-state index in [9.17, 15) is 4.79 Å². The maximum absolute atomic E-state index is 12.1. The van der Waals surface area contributed by atoms with Crippen molar-refractivity contribution in [1.29, 1.82) is 0 Å². The maximum atomic E-state index is 12.1. The molecule has 0 aromatic carbocycles. The normalized spacial score (nSPS) is 14.7. The molecule has 0 N–H and O–H groups in total. The van der Waals surface area contributed by atoms with Crippen LogP contribution in [0, 0.1) is 0 Å². The summed E-state index contributed by atoms with van der Waals surface area (Å²) in [6.45, 7) is 1.45. The van der Waals surface area contributed by atoms with Crippen LogP contribution in [-0.2, 0) is 11.3 Å². The van der Waals surface area contributed by atoms with Gasteiger partial charge in [-0.3, -0.25) is 14.5 Å². The van der Waals surface area contributed by atoms with Gasteiger partial charge >= 0.3 is 0 Å². The van der Waals surface area contributed by atoms with Gasteiger partial charge in [0, 0.05) is 43.4 Å². The Morgan fingerprint density at radius 3 is 2.83 bits per heavy atom. The highest BCUT2D eigenvalue weighted by atomic mass is 16.5. The van der Waals surface area contributed by atoms with Crippen molar-refractivity contribution in [3.05, 3.63) is 48.9 Å². The first-order chi connectivity index (χ1) is 11.3. The van der Waals surface area contributed by atoms with Crippen LogP contribution in [0.4, 0.5) is 0 Å². The molecule has 8 heteroatoms. The number of rotatable bonds is 4. The minimum Gasteiger partial charge on any atom is -0.339 e. The number of aromatic nitrogens is 5. The molecule has 116 valence electrons. The SMILES string of the molecule is O=C(Cn1cccn1)N1CC(c2nc(-c3ccncc3)no2)C1. The van der Waals surface area contributed by atoms with E-state index in [2.05, 4.69) is 20.2 Å². The van der Waals surface area contributed by atoms with E-state index in [1.54, 1.807) is 40.4 Å². The molecule has 4 heterocycles. The van der Waals surface area contributed by atoms with Crippen molar-refractivity contribution < 1.29 is 9.32 Å². The van der Waals surface area contributed by atoms with Crippen molar-refractivity contribution in [2.24, 2.45) is 0 Å². The lowest BCUT2D eigenvalue weighted by Gasteiger charge is -2.37. The van der Waals surface area contributed by atoms with Gasteiger partial charge in [0.15, 0.2) is 0 Å². The largest absolute Gasteiger partial charge is 0.339 e. The molecule has 3 aromatic heterocycles. The Bertz CT molecular complexity index is 793. The Labute approximate surface area is 131 Å². The maximum Gasteiger partial charge on any atom is 0.244 e. The first-order valence-electron chi connectivity index (χ1n) is 7.29. The Kier molecular flexibility index (Phi) is 3.34. The monoisotopic (exact) mass is 310 g/mol. The number of pyridine rings is 1. The van der Waals surface area contributed by atoms with E-state index >= 15 is 0 Å². The fourth-order valence-electron chi connectivity index (χ4n) is 2.49. The highest BCUT2D eigenvalue weighted by molar-refractivity contribution is 5.77. The molecule has 8 nitrogen and oxygen atoms in total. The Morgan fingerprint density at radius 2 is 2.09 bits per heavy atom. The van der Waals surface area contributed by atoms with Crippen molar-refractivity contribution in [3.8, 4) is 11.4 Å². The standard InChI is InChI=1S/C15H14N6O2/c22-13(10-21-7-1-4-17-21)20-8-12(9-20)15-18-14(19-23-15)11-2-5-16-6-3-11/h1-7,12H,8-10H2. The molecule has 23 heavy (non-hydrogen) atoms. The van der Waals surface area contributed by atoms with E-state index in [-0.39, 0.29) is 18.4 Å². The molecular weight excluding hydrogens is 296 g/mol. The van der Waals surface area contributed by atoms with Gasteiger partial charge in [-0.25, -0.2) is 0 Å². The van der Waals surface area contributed by atoms with Crippen molar-refractivity contribution in [2.75, 3.05) is 13.1 Å². The lowest BCUT2D eigenvalue weighted by atomic mass is 10.00. The summed E-state index contributed by atoms with van der Waals surface area (Å²) in [5.41, 5.74) is 0.862. The summed E-state index contributed by atoms with van der Waals surface area (Å²) in [5, 5.41) is 8.02. The van der Waals surface area contributed by atoms with Crippen LogP contribution in [0.15, 0.2) is 47.5 Å². The number of carbonyl (C=O) groups excluding carboxylic acids is 1. The van der Waals surface area contributed by atoms with E-state index < -0.39 is 0 Å². The number of amides is 1. The van der Waals surface area contributed by atoms with Crippen LogP contribution in [0.2, 0.25) is 0 Å². The van der Waals surface area contributed by atoms with Gasteiger partial charge in [0.2, 0.25) is 17.6 Å². The van der Waals surface area contributed by atoms with Gasteiger partial charge in [0.25, 0.3) is 0 Å². The van der Waals surface area contributed by atoms with Crippen molar-refractivity contribution in [1.82, 2.24) is 29.8 Å². The van der Waals surface area contributed by atoms with Crippen LogP contribution in [0.5, 0.6) is 0 Å². The predicted molar refractivity (Wildman–Crippen MR) is 79.1 cm³/mol. The van der Waals surface area contributed by atoms with Gasteiger partial charge in [-0.1, -0.05) is 5.16 Å². The fourth-order valence-corrected chi connectivity index (χ4v) is 2.49. The molecule has 1 aliphatic heterocycles. The van der Waals surface area contributed by atoms with Crippen LogP contribution < -0.4 is 0 Å². The summed E-state index contributed by atoms with van der Waals surface area (Å²) in [5.74, 6) is 1.25. The van der Waals surface area contributed by atoms with Crippen LogP contribution in [0.25, 0.3) is 11.4 Å². The molecule has 0 radical (unpaired) electrons. The van der Waals surface area contributed by atoms with E-state index in [0.717, 1.165) is 5.56 Å². The van der Waals surface area contributed by atoms with Gasteiger partial charge in [-0.15, -0.1) is 0 Å². The molecule has 1 amide bonds. The molecule has 1 saturated heterocycles. The molecule has 0 bridgehead atoms. The van der Waals surface area contributed by atoms with Crippen LogP contribution >= 0.6 is 0 Å². The van der Waals surface area contributed by atoms with E-state index in [4.69, 9.17) is 4.52 Å². The van der Waals surface area contributed by atoms with Crippen molar-refractivity contribution >= 4 is 5.91 Å². The third-order valence-corrected chi connectivity index (χ3v) is 3.82. The van der Waals surface area contributed by atoms with E-state index in [0.29, 0.717) is 24.8 Å². The molecule has 1 aliphatic rings. The highest BCUT2D eigenvalue weighted by Crippen LogP contribution is 2.27. The summed E-state index contributed by atoms with van der Waals surface area (Å²) in [7, 11) is 0. The van der Waals surface area contributed by atoms with Crippen LogP contribution in [-0.4, -0.2) is 48.8 Å². The second kappa shape index (κ2) is 5.64. The summed E-state index contributed by atoms with van der Waals surface area (Å²) in [6.07, 6.45) is 6.80. The zero-order valence-electron chi connectivity index (χ0n) is 12.2. The molecule has 0 spiro atoms. The quantitative estimate of drug-likeness (QED) is 0.713. The average molecular weight is 310 g/mol. The summed E-state index contributed by atoms with van der Waals surface area (Å²) in [4.78, 5) is 22.2. The molecule has 1 fully saturated rings.